The van der Waals surface area contributed by atoms with Gasteiger partial charge in [0.15, 0.2) is 0 Å². The first-order valence-electron chi connectivity index (χ1n) is 12.4. The Labute approximate surface area is 196 Å². The third-order valence-electron chi connectivity index (χ3n) is 7.18. The summed E-state index contributed by atoms with van der Waals surface area (Å²) in [7, 11) is 0. The van der Waals surface area contributed by atoms with Gasteiger partial charge in [-0.2, -0.15) is 0 Å². The molecule has 3 aliphatic rings. The van der Waals surface area contributed by atoms with E-state index in [0.29, 0.717) is 6.54 Å². The van der Waals surface area contributed by atoms with E-state index < -0.39 is 0 Å². The number of anilines is 1. The SMILES string of the molecule is Cc1nc([C@H]2CCCN(C(=O)CN3CCOCC3)C2)nc2c1CCCN2Cc1ccccc1. The van der Waals surface area contributed by atoms with Gasteiger partial charge in [-0.3, -0.25) is 9.69 Å². The van der Waals surface area contributed by atoms with Crippen molar-refractivity contribution >= 4 is 11.7 Å². The molecule has 7 heteroatoms. The number of nitrogens with zero attached hydrogens (tertiary/aromatic N) is 5. The molecule has 1 aromatic heterocycles. The monoisotopic (exact) mass is 449 g/mol. The lowest BCUT2D eigenvalue weighted by atomic mass is 9.95. The Hall–Kier alpha value is -2.51. The molecule has 1 atom stereocenters. The Morgan fingerprint density at radius 2 is 1.88 bits per heavy atom. The third-order valence-corrected chi connectivity index (χ3v) is 7.18. The fourth-order valence-corrected chi connectivity index (χ4v) is 5.31. The number of amides is 1. The van der Waals surface area contributed by atoms with Gasteiger partial charge in [0.2, 0.25) is 5.91 Å². The molecule has 1 aromatic carbocycles. The number of hydrogen-bond donors (Lipinski definition) is 0. The molecule has 7 nitrogen and oxygen atoms in total. The number of carbonyl (C=O) groups excluding carboxylic acids is 1. The second-order valence-corrected chi connectivity index (χ2v) is 9.55. The maximum atomic E-state index is 13.0. The van der Waals surface area contributed by atoms with Crippen molar-refractivity contribution in [1.82, 2.24) is 19.8 Å². The Kier molecular flexibility index (Phi) is 6.88. The number of rotatable bonds is 5. The number of likely N-dealkylation sites (tertiary alicyclic amines) is 1. The molecule has 0 N–H and O–H groups in total. The predicted octanol–water partition coefficient (Wildman–Crippen LogP) is 2.78. The van der Waals surface area contributed by atoms with Crippen LogP contribution in [0.3, 0.4) is 0 Å². The largest absolute Gasteiger partial charge is 0.379 e. The highest BCUT2D eigenvalue weighted by Crippen LogP contribution is 2.32. The van der Waals surface area contributed by atoms with Crippen molar-refractivity contribution in [3.63, 3.8) is 0 Å². The lowest BCUT2D eigenvalue weighted by Crippen LogP contribution is -2.47. The summed E-state index contributed by atoms with van der Waals surface area (Å²) in [5.74, 6) is 2.44. The minimum atomic E-state index is 0.205. The van der Waals surface area contributed by atoms with E-state index in [0.717, 1.165) is 95.5 Å². The second-order valence-electron chi connectivity index (χ2n) is 9.55. The molecule has 176 valence electrons. The minimum absolute atomic E-state index is 0.205. The smallest absolute Gasteiger partial charge is 0.236 e. The molecular formula is C26H35N5O2. The summed E-state index contributed by atoms with van der Waals surface area (Å²) in [4.78, 5) is 29.7. The first kappa shape index (κ1) is 22.3. The first-order valence-corrected chi connectivity index (χ1v) is 12.4. The van der Waals surface area contributed by atoms with Crippen LogP contribution in [0, 0.1) is 6.92 Å². The molecule has 0 saturated carbocycles. The summed E-state index contributed by atoms with van der Waals surface area (Å²) in [6, 6.07) is 10.6. The summed E-state index contributed by atoms with van der Waals surface area (Å²) in [5.41, 5.74) is 3.70. The summed E-state index contributed by atoms with van der Waals surface area (Å²) >= 11 is 0. The van der Waals surface area contributed by atoms with Crippen molar-refractivity contribution in [2.45, 2.75) is 45.1 Å². The number of benzene rings is 1. The highest BCUT2D eigenvalue weighted by Gasteiger charge is 2.30. The molecule has 5 rings (SSSR count). The number of aryl methyl sites for hydroxylation is 1. The minimum Gasteiger partial charge on any atom is -0.379 e. The highest BCUT2D eigenvalue weighted by molar-refractivity contribution is 5.78. The molecule has 4 heterocycles. The van der Waals surface area contributed by atoms with Crippen LogP contribution >= 0.6 is 0 Å². The van der Waals surface area contributed by atoms with E-state index in [1.54, 1.807) is 0 Å². The van der Waals surface area contributed by atoms with Gasteiger partial charge in [0.1, 0.15) is 11.6 Å². The topological polar surface area (TPSA) is 61.8 Å². The lowest BCUT2D eigenvalue weighted by Gasteiger charge is -2.36. The van der Waals surface area contributed by atoms with Gasteiger partial charge in [0, 0.05) is 56.4 Å². The van der Waals surface area contributed by atoms with Crippen molar-refractivity contribution in [2.24, 2.45) is 0 Å². The van der Waals surface area contributed by atoms with E-state index in [9.17, 15) is 4.79 Å². The van der Waals surface area contributed by atoms with Crippen molar-refractivity contribution in [3.05, 3.63) is 53.0 Å². The number of hydrogen-bond acceptors (Lipinski definition) is 6. The van der Waals surface area contributed by atoms with Crippen molar-refractivity contribution in [2.75, 3.05) is 57.4 Å². The van der Waals surface area contributed by atoms with Crippen LogP contribution in [0.1, 0.15) is 47.8 Å². The molecule has 3 aliphatic heterocycles. The Morgan fingerprint density at radius 3 is 2.70 bits per heavy atom. The van der Waals surface area contributed by atoms with Crippen LogP contribution in [-0.2, 0) is 22.5 Å². The fourth-order valence-electron chi connectivity index (χ4n) is 5.31. The molecule has 2 saturated heterocycles. The average molecular weight is 450 g/mol. The van der Waals surface area contributed by atoms with E-state index >= 15 is 0 Å². The van der Waals surface area contributed by atoms with Gasteiger partial charge in [-0.1, -0.05) is 30.3 Å². The Morgan fingerprint density at radius 1 is 1.06 bits per heavy atom. The number of aromatic nitrogens is 2. The number of carbonyl (C=O) groups is 1. The van der Waals surface area contributed by atoms with E-state index in [-0.39, 0.29) is 11.8 Å². The van der Waals surface area contributed by atoms with E-state index in [1.165, 1.54) is 11.1 Å². The quantitative estimate of drug-likeness (QED) is 0.700. The molecule has 2 fully saturated rings. The standard InChI is InChI=1S/C26H35N5O2/c1-20-23-10-6-12-31(17-21-7-3-2-4-8-21)26(23)28-25(27-20)22-9-5-11-30(18-22)24(32)19-29-13-15-33-16-14-29/h2-4,7-8,22H,5-6,9-19H2,1H3/t22-/m0/s1. The zero-order valence-corrected chi connectivity index (χ0v) is 19.7. The van der Waals surface area contributed by atoms with Gasteiger partial charge >= 0.3 is 0 Å². The molecule has 0 spiro atoms. The number of ether oxygens (including phenoxy) is 1. The highest BCUT2D eigenvalue weighted by atomic mass is 16.5. The first-order chi connectivity index (χ1) is 16.2. The third kappa shape index (κ3) is 5.20. The van der Waals surface area contributed by atoms with Gasteiger partial charge in [-0.15, -0.1) is 0 Å². The summed E-state index contributed by atoms with van der Waals surface area (Å²) < 4.78 is 5.42. The fraction of sp³-hybridized carbons (Fsp3) is 0.577. The molecule has 0 aliphatic carbocycles. The zero-order chi connectivity index (χ0) is 22.6. The van der Waals surface area contributed by atoms with E-state index in [4.69, 9.17) is 14.7 Å². The Bertz CT molecular complexity index is 961. The van der Waals surface area contributed by atoms with Crippen molar-refractivity contribution < 1.29 is 9.53 Å². The van der Waals surface area contributed by atoms with Crippen LogP contribution in [-0.4, -0.2) is 78.2 Å². The van der Waals surface area contributed by atoms with Gasteiger partial charge in [0.25, 0.3) is 0 Å². The van der Waals surface area contributed by atoms with Crippen LogP contribution < -0.4 is 4.90 Å². The lowest BCUT2D eigenvalue weighted by molar-refractivity contribution is -0.134. The normalized spacial score (nSPS) is 21.7. The average Bonchev–Trinajstić information content (AvgIpc) is 2.86. The van der Waals surface area contributed by atoms with Crippen LogP contribution in [0.25, 0.3) is 0 Å². The van der Waals surface area contributed by atoms with Crippen LogP contribution in [0.4, 0.5) is 5.82 Å². The number of piperidine rings is 1. The predicted molar refractivity (Wildman–Crippen MR) is 128 cm³/mol. The molecule has 33 heavy (non-hydrogen) atoms. The van der Waals surface area contributed by atoms with Gasteiger partial charge in [-0.25, -0.2) is 9.97 Å². The molecule has 2 aromatic rings. The molecule has 0 unspecified atom stereocenters. The molecular weight excluding hydrogens is 414 g/mol. The Balaban J connectivity index is 1.32. The van der Waals surface area contributed by atoms with Gasteiger partial charge in [0.05, 0.1) is 19.8 Å². The van der Waals surface area contributed by atoms with Crippen LogP contribution in [0.5, 0.6) is 0 Å². The summed E-state index contributed by atoms with van der Waals surface area (Å²) in [6.07, 6.45) is 4.23. The maximum absolute atomic E-state index is 13.0. The number of fused-ring (bicyclic) bond motifs is 1. The van der Waals surface area contributed by atoms with Crippen molar-refractivity contribution in [1.29, 1.82) is 0 Å². The molecule has 0 bridgehead atoms. The molecule has 1 amide bonds. The second kappa shape index (κ2) is 10.2. The summed E-state index contributed by atoms with van der Waals surface area (Å²) in [5, 5.41) is 0. The molecule has 0 radical (unpaired) electrons. The van der Waals surface area contributed by atoms with Crippen LogP contribution in [0.2, 0.25) is 0 Å². The summed E-state index contributed by atoms with van der Waals surface area (Å²) in [6.45, 7) is 9.19. The zero-order valence-electron chi connectivity index (χ0n) is 19.7. The van der Waals surface area contributed by atoms with Gasteiger partial charge < -0.3 is 14.5 Å². The van der Waals surface area contributed by atoms with E-state index in [2.05, 4.69) is 47.1 Å². The van der Waals surface area contributed by atoms with Gasteiger partial charge in [-0.05, 0) is 38.2 Å². The number of morpholine rings is 1. The maximum Gasteiger partial charge on any atom is 0.236 e. The van der Waals surface area contributed by atoms with Crippen LogP contribution in [0.15, 0.2) is 30.3 Å². The van der Waals surface area contributed by atoms with E-state index in [1.807, 2.05) is 4.90 Å². The van der Waals surface area contributed by atoms with Crippen molar-refractivity contribution in [3.8, 4) is 0 Å².